The van der Waals surface area contributed by atoms with Crippen LogP contribution in [0, 0.1) is 5.82 Å². The van der Waals surface area contributed by atoms with E-state index in [1.165, 1.54) is 0 Å². The number of halogens is 4. The number of hydrogen-bond acceptors (Lipinski definition) is 2. The molecule has 0 N–H and O–H groups in total. The van der Waals surface area contributed by atoms with Gasteiger partial charge in [0, 0.05) is 0 Å². The second-order valence-corrected chi connectivity index (χ2v) is 3.77. The van der Waals surface area contributed by atoms with Crippen molar-refractivity contribution in [1.82, 2.24) is 0 Å². The Kier molecular flexibility index (Phi) is 2.79. The molecule has 1 rings (SSSR count). The zero-order valence-corrected chi connectivity index (χ0v) is 7.36. The van der Waals surface area contributed by atoms with Crippen LogP contribution in [0.4, 0.5) is 17.1 Å². The Bertz CT molecular complexity index is 441. The lowest BCUT2D eigenvalue weighted by molar-refractivity contribution is 0.146. The monoisotopic (exact) mass is 228 g/mol. The zero-order chi connectivity index (χ0) is 10.9. The third-order valence-corrected chi connectivity index (χ3v) is 2.30. The van der Waals surface area contributed by atoms with Gasteiger partial charge in [0.1, 0.15) is 5.82 Å². The minimum Gasteiger partial charge on any atom is -0.206 e. The fourth-order valence-electron chi connectivity index (χ4n) is 0.841. The minimum absolute atomic E-state index is 0.273. The molecule has 0 amide bonds. The topological polar surface area (TPSA) is 34.1 Å². The van der Waals surface area contributed by atoms with Crippen LogP contribution in [0.3, 0.4) is 0 Å². The molecular formula is C7H4F4O2S. The Labute approximate surface area is 77.4 Å². The third-order valence-electron chi connectivity index (χ3n) is 1.48. The average Bonchev–Trinajstić information content (AvgIpc) is 2.02. The molecule has 0 heterocycles. The first-order valence-corrected chi connectivity index (χ1v) is 4.73. The maximum Gasteiger partial charge on any atom is 0.332 e. The van der Waals surface area contributed by atoms with Crippen molar-refractivity contribution in [3.8, 4) is 0 Å². The van der Waals surface area contributed by atoms with Gasteiger partial charge in [0.25, 0.3) is 6.43 Å². The summed E-state index contributed by atoms with van der Waals surface area (Å²) in [4.78, 5) is -0.978. The summed E-state index contributed by atoms with van der Waals surface area (Å²) in [5, 5.41) is 0. The minimum atomic E-state index is -5.08. The predicted molar refractivity (Wildman–Crippen MR) is 39.7 cm³/mol. The van der Waals surface area contributed by atoms with Crippen molar-refractivity contribution < 1.29 is 25.5 Å². The van der Waals surface area contributed by atoms with Crippen LogP contribution in [0.15, 0.2) is 23.1 Å². The highest BCUT2D eigenvalue weighted by Gasteiger charge is 2.19. The van der Waals surface area contributed by atoms with Gasteiger partial charge < -0.3 is 0 Å². The molecule has 0 saturated heterocycles. The standard InChI is InChI=1S/C7H4F4O2S/c8-6-2-1-4(14(11,12)13)3-5(6)7(9)10/h1-3,7H. The van der Waals surface area contributed by atoms with Crippen molar-refractivity contribution in [1.29, 1.82) is 0 Å². The van der Waals surface area contributed by atoms with E-state index in [0.29, 0.717) is 12.1 Å². The van der Waals surface area contributed by atoms with E-state index in [-0.39, 0.29) is 6.07 Å². The van der Waals surface area contributed by atoms with E-state index in [1.807, 2.05) is 0 Å². The van der Waals surface area contributed by atoms with Crippen LogP contribution in [0.25, 0.3) is 0 Å². The van der Waals surface area contributed by atoms with Gasteiger partial charge in [-0.1, -0.05) is 0 Å². The van der Waals surface area contributed by atoms with Gasteiger partial charge in [0.2, 0.25) is 0 Å². The summed E-state index contributed by atoms with van der Waals surface area (Å²) in [6.45, 7) is 0. The summed E-state index contributed by atoms with van der Waals surface area (Å²) in [6.07, 6.45) is -3.18. The molecule has 0 aliphatic heterocycles. The average molecular weight is 228 g/mol. The molecule has 2 nitrogen and oxygen atoms in total. The van der Waals surface area contributed by atoms with Crippen LogP contribution in [-0.2, 0) is 10.2 Å². The van der Waals surface area contributed by atoms with Crippen molar-refractivity contribution >= 4 is 10.2 Å². The summed E-state index contributed by atoms with van der Waals surface area (Å²) in [5.74, 6) is -1.27. The molecule has 14 heavy (non-hydrogen) atoms. The fraction of sp³-hybridized carbons (Fsp3) is 0.143. The van der Waals surface area contributed by atoms with Crippen molar-refractivity contribution in [3.05, 3.63) is 29.6 Å². The van der Waals surface area contributed by atoms with E-state index in [1.54, 1.807) is 0 Å². The van der Waals surface area contributed by atoms with Gasteiger partial charge in [-0.25, -0.2) is 13.2 Å². The predicted octanol–water partition coefficient (Wildman–Crippen LogP) is 2.42. The highest BCUT2D eigenvalue weighted by Crippen LogP contribution is 2.25. The molecule has 0 spiro atoms. The van der Waals surface area contributed by atoms with Crippen molar-refractivity contribution in [2.75, 3.05) is 0 Å². The maximum atomic E-state index is 12.6. The van der Waals surface area contributed by atoms with E-state index < -0.39 is 32.9 Å². The second kappa shape index (κ2) is 3.56. The molecule has 1 aromatic rings. The highest BCUT2D eigenvalue weighted by molar-refractivity contribution is 7.86. The Morgan fingerprint density at radius 1 is 1.21 bits per heavy atom. The van der Waals surface area contributed by atoms with Gasteiger partial charge in [-0.05, 0) is 18.2 Å². The van der Waals surface area contributed by atoms with E-state index >= 15 is 0 Å². The number of benzene rings is 1. The Morgan fingerprint density at radius 3 is 2.21 bits per heavy atom. The first-order valence-electron chi connectivity index (χ1n) is 3.34. The second-order valence-electron chi connectivity index (χ2n) is 2.42. The molecule has 7 heteroatoms. The lowest BCUT2D eigenvalue weighted by atomic mass is 10.2. The van der Waals surface area contributed by atoms with Crippen LogP contribution in [0.1, 0.15) is 12.0 Å². The number of rotatable bonds is 2. The Balaban J connectivity index is 3.34. The first kappa shape index (κ1) is 11.0. The zero-order valence-electron chi connectivity index (χ0n) is 6.55. The largest absolute Gasteiger partial charge is 0.332 e. The summed E-state index contributed by atoms with van der Waals surface area (Å²) < 4.78 is 69.6. The molecule has 0 aliphatic carbocycles. The lowest BCUT2D eigenvalue weighted by Gasteiger charge is -2.02. The SMILES string of the molecule is O=S(=O)(F)c1ccc(F)c(C(F)F)c1. The number of alkyl halides is 2. The highest BCUT2D eigenvalue weighted by atomic mass is 32.3. The molecule has 78 valence electrons. The fourth-order valence-corrected chi connectivity index (χ4v) is 1.34. The van der Waals surface area contributed by atoms with E-state index in [2.05, 4.69) is 0 Å². The normalized spacial score (nSPS) is 12.1. The van der Waals surface area contributed by atoms with Crippen molar-refractivity contribution in [2.24, 2.45) is 0 Å². The molecule has 0 unspecified atom stereocenters. The van der Waals surface area contributed by atoms with Gasteiger partial charge in [0.15, 0.2) is 0 Å². The summed E-state index contributed by atoms with van der Waals surface area (Å²) in [6, 6.07) is 1.33. The summed E-state index contributed by atoms with van der Waals surface area (Å²) in [5.41, 5.74) is -1.14. The first-order chi connectivity index (χ1) is 6.32. The lowest BCUT2D eigenvalue weighted by Crippen LogP contribution is -1.97. The van der Waals surface area contributed by atoms with E-state index in [0.717, 1.165) is 0 Å². The molecule has 0 fully saturated rings. The molecule has 0 saturated carbocycles. The maximum absolute atomic E-state index is 12.6. The van der Waals surface area contributed by atoms with Crippen LogP contribution in [-0.4, -0.2) is 8.42 Å². The van der Waals surface area contributed by atoms with Crippen LogP contribution < -0.4 is 0 Å². The van der Waals surface area contributed by atoms with Gasteiger partial charge in [0.05, 0.1) is 10.5 Å². The third kappa shape index (κ3) is 2.22. The Morgan fingerprint density at radius 2 is 1.79 bits per heavy atom. The van der Waals surface area contributed by atoms with Crippen LogP contribution >= 0.6 is 0 Å². The molecule has 0 atom stereocenters. The molecule has 1 aromatic carbocycles. The number of hydrogen-bond donors (Lipinski definition) is 0. The molecule has 0 bridgehead atoms. The summed E-state index contributed by atoms with van der Waals surface area (Å²) >= 11 is 0. The van der Waals surface area contributed by atoms with Gasteiger partial charge in [-0.3, -0.25) is 0 Å². The van der Waals surface area contributed by atoms with Crippen LogP contribution in [0.2, 0.25) is 0 Å². The molecule has 0 aromatic heterocycles. The quantitative estimate of drug-likeness (QED) is 0.575. The molecular weight excluding hydrogens is 224 g/mol. The van der Waals surface area contributed by atoms with Crippen molar-refractivity contribution in [2.45, 2.75) is 11.3 Å². The van der Waals surface area contributed by atoms with Gasteiger partial charge >= 0.3 is 10.2 Å². The van der Waals surface area contributed by atoms with Gasteiger partial charge in [-0.15, -0.1) is 3.89 Å². The van der Waals surface area contributed by atoms with Crippen molar-refractivity contribution in [3.63, 3.8) is 0 Å². The molecule has 0 aliphatic rings. The van der Waals surface area contributed by atoms with E-state index in [4.69, 9.17) is 0 Å². The Hall–Kier alpha value is -1.11. The van der Waals surface area contributed by atoms with E-state index in [9.17, 15) is 25.5 Å². The molecule has 0 radical (unpaired) electrons. The van der Waals surface area contributed by atoms with Crippen LogP contribution in [0.5, 0.6) is 0 Å². The van der Waals surface area contributed by atoms with Gasteiger partial charge in [-0.2, -0.15) is 8.42 Å². The summed E-state index contributed by atoms with van der Waals surface area (Å²) in [7, 11) is -5.08. The smallest absolute Gasteiger partial charge is 0.206 e.